The molecule has 0 fully saturated rings. The predicted octanol–water partition coefficient (Wildman–Crippen LogP) is 2.13. The number of fused-ring (bicyclic) bond motifs is 3. The Hall–Kier alpha value is -1.67. The highest BCUT2D eigenvalue weighted by atomic mass is 127. The minimum atomic E-state index is -0.668. The van der Waals surface area contributed by atoms with Gasteiger partial charge in [-0.2, -0.15) is 0 Å². The molecule has 1 aliphatic rings. The molecule has 0 aliphatic heterocycles. The molecule has 0 amide bonds. The van der Waals surface area contributed by atoms with Gasteiger partial charge in [-0.1, -0.05) is 6.07 Å². The first-order valence-corrected chi connectivity index (χ1v) is 7.62. The van der Waals surface area contributed by atoms with Gasteiger partial charge in [0.1, 0.15) is 0 Å². The molecule has 1 atom stereocenters. The molecule has 2 aromatic carbocycles. The molecule has 10 N–H and O–H groups in total. The number of hydrogen-bond acceptors (Lipinski definition) is 5. The van der Waals surface area contributed by atoms with Gasteiger partial charge in [0.2, 0.25) is 0 Å². The molecule has 110 valence electrons. The predicted molar refractivity (Wildman–Crippen MR) is 97.6 cm³/mol. The zero-order chi connectivity index (χ0) is 15.7. The first-order valence-electron chi connectivity index (χ1n) is 6.54. The topological polar surface area (TPSA) is 130 Å². The van der Waals surface area contributed by atoms with Crippen LogP contribution in [0, 0.1) is 10.5 Å². The summed E-state index contributed by atoms with van der Waals surface area (Å²) in [6, 6.07) is 3.97. The lowest BCUT2D eigenvalue weighted by Crippen LogP contribution is -2.32. The van der Waals surface area contributed by atoms with Crippen molar-refractivity contribution in [2.24, 2.45) is 5.73 Å². The average Bonchev–Trinajstić information content (AvgIpc) is 2.63. The molecule has 21 heavy (non-hydrogen) atoms. The summed E-state index contributed by atoms with van der Waals surface area (Å²) in [6.07, 6.45) is 0. The van der Waals surface area contributed by atoms with E-state index >= 15 is 0 Å². The van der Waals surface area contributed by atoms with Crippen molar-refractivity contribution in [1.82, 2.24) is 0 Å². The molecule has 2 aromatic rings. The van der Waals surface area contributed by atoms with Crippen molar-refractivity contribution in [3.05, 3.63) is 32.4 Å². The Labute approximate surface area is 137 Å². The van der Waals surface area contributed by atoms with Crippen LogP contribution in [0.15, 0.2) is 12.1 Å². The number of nitrogen functional groups attached to an aromatic ring is 4. The van der Waals surface area contributed by atoms with Crippen LogP contribution in [0.5, 0.6) is 0 Å². The highest BCUT2D eigenvalue weighted by Gasteiger charge is 2.40. The minimum Gasteiger partial charge on any atom is -0.397 e. The summed E-state index contributed by atoms with van der Waals surface area (Å²) < 4.78 is 0.886. The second-order valence-corrected chi connectivity index (χ2v) is 6.92. The van der Waals surface area contributed by atoms with Gasteiger partial charge in [-0.25, -0.2) is 0 Å². The zero-order valence-corrected chi connectivity index (χ0v) is 14.1. The molecule has 0 bridgehead atoms. The van der Waals surface area contributed by atoms with E-state index in [4.69, 9.17) is 28.7 Å². The van der Waals surface area contributed by atoms with Gasteiger partial charge in [-0.05, 0) is 59.2 Å². The Balaban J connectivity index is 2.53. The van der Waals surface area contributed by atoms with E-state index in [-0.39, 0.29) is 0 Å². The SMILES string of the molecule is Cc1cc2c(c(N)c1N)-c1c(cc(I)c(N)c1N)C2(C)N. The van der Waals surface area contributed by atoms with Gasteiger partial charge < -0.3 is 28.7 Å². The maximum atomic E-state index is 6.58. The van der Waals surface area contributed by atoms with Gasteiger partial charge in [0.15, 0.2) is 0 Å². The molecule has 0 saturated heterocycles. The molecular weight excluding hydrogens is 377 g/mol. The number of halogens is 1. The van der Waals surface area contributed by atoms with Crippen LogP contribution in [-0.4, -0.2) is 0 Å². The standard InChI is InChI=1S/C15H18IN5/c1-5-3-6-9(13(19)11(5)17)10-7(15(6,2)21)4-8(16)12(18)14(10)20/h3-4H,17-21H2,1-2H3. The van der Waals surface area contributed by atoms with Crippen molar-refractivity contribution in [2.75, 3.05) is 22.9 Å². The van der Waals surface area contributed by atoms with Gasteiger partial charge in [0.25, 0.3) is 0 Å². The highest BCUT2D eigenvalue weighted by Crippen LogP contribution is 2.54. The Bertz CT molecular complexity index is 730. The Morgan fingerprint density at radius 1 is 0.857 bits per heavy atom. The van der Waals surface area contributed by atoms with Crippen LogP contribution in [0.2, 0.25) is 0 Å². The van der Waals surface area contributed by atoms with E-state index in [0.29, 0.717) is 22.7 Å². The molecule has 5 nitrogen and oxygen atoms in total. The number of nitrogens with two attached hydrogens (primary N) is 5. The molecule has 0 aromatic heterocycles. The van der Waals surface area contributed by atoms with Crippen molar-refractivity contribution >= 4 is 45.3 Å². The fourth-order valence-electron chi connectivity index (χ4n) is 3.05. The van der Waals surface area contributed by atoms with Gasteiger partial charge in [0.05, 0.1) is 28.3 Å². The van der Waals surface area contributed by atoms with E-state index in [1.54, 1.807) is 0 Å². The number of aryl methyl sites for hydroxylation is 1. The fourth-order valence-corrected chi connectivity index (χ4v) is 3.65. The number of benzene rings is 2. The second kappa shape index (κ2) is 4.17. The summed E-state index contributed by atoms with van der Waals surface area (Å²) in [5.74, 6) is 0. The van der Waals surface area contributed by atoms with Crippen molar-refractivity contribution in [3.63, 3.8) is 0 Å². The molecule has 6 heteroatoms. The maximum absolute atomic E-state index is 6.58. The van der Waals surface area contributed by atoms with Crippen LogP contribution < -0.4 is 28.7 Å². The van der Waals surface area contributed by atoms with Gasteiger partial charge >= 0.3 is 0 Å². The quantitative estimate of drug-likeness (QED) is 0.345. The van der Waals surface area contributed by atoms with Crippen molar-refractivity contribution in [3.8, 4) is 11.1 Å². The minimum absolute atomic E-state index is 0.516. The van der Waals surface area contributed by atoms with Crippen LogP contribution in [0.4, 0.5) is 22.7 Å². The van der Waals surface area contributed by atoms with Crippen LogP contribution in [0.1, 0.15) is 23.6 Å². The van der Waals surface area contributed by atoms with Gasteiger partial charge in [-0.15, -0.1) is 0 Å². The third-order valence-corrected chi connectivity index (χ3v) is 5.23. The fraction of sp³-hybridized carbons (Fsp3) is 0.200. The van der Waals surface area contributed by atoms with Crippen molar-refractivity contribution < 1.29 is 0 Å². The van der Waals surface area contributed by atoms with E-state index in [0.717, 1.165) is 31.4 Å². The Kier molecular flexibility index (Phi) is 2.84. The van der Waals surface area contributed by atoms with Gasteiger partial charge in [-0.3, -0.25) is 0 Å². The molecule has 0 heterocycles. The van der Waals surface area contributed by atoms with Crippen molar-refractivity contribution in [2.45, 2.75) is 19.4 Å². The number of rotatable bonds is 0. The lowest BCUT2D eigenvalue weighted by Gasteiger charge is -2.23. The first kappa shape index (κ1) is 14.3. The summed E-state index contributed by atoms with van der Waals surface area (Å²) >= 11 is 2.16. The second-order valence-electron chi connectivity index (χ2n) is 5.75. The highest BCUT2D eigenvalue weighted by molar-refractivity contribution is 14.1. The largest absolute Gasteiger partial charge is 0.397 e. The zero-order valence-electron chi connectivity index (χ0n) is 11.9. The monoisotopic (exact) mass is 395 g/mol. The van der Waals surface area contributed by atoms with E-state index in [2.05, 4.69) is 22.6 Å². The van der Waals surface area contributed by atoms with Crippen molar-refractivity contribution in [1.29, 1.82) is 0 Å². The third kappa shape index (κ3) is 1.66. The molecule has 0 spiro atoms. The molecule has 3 rings (SSSR count). The lowest BCUT2D eigenvalue weighted by atomic mass is 9.89. The van der Waals surface area contributed by atoms with E-state index in [1.807, 2.05) is 26.0 Å². The van der Waals surface area contributed by atoms with Crippen LogP contribution in [0.3, 0.4) is 0 Å². The smallest absolute Gasteiger partial charge is 0.0690 e. The Morgan fingerprint density at radius 2 is 1.33 bits per heavy atom. The normalized spacial score (nSPS) is 19.4. The summed E-state index contributed by atoms with van der Waals surface area (Å²) in [5.41, 5.74) is 37.1. The number of hydrogen-bond donors (Lipinski definition) is 5. The van der Waals surface area contributed by atoms with Crippen LogP contribution in [-0.2, 0) is 5.54 Å². The Morgan fingerprint density at radius 3 is 1.90 bits per heavy atom. The summed E-state index contributed by atoms with van der Waals surface area (Å²) in [7, 11) is 0. The average molecular weight is 395 g/mol. The van der Waals surface area contributed by atoms with Crippen LogP contribution >= 0.6 is 22.6 Å². The summed E-state index contributed by atoms with van der Waals surface area (Å²) in [6.45, 7) is 3.88. The molecule has 1 aliphatic carbocycles. The molecule has 0 saturated carbocycles. The first-order chi connectivity index (χ1) is 9.67. The third-order valence-electron chi connectivity index (χ3n) is 4.34. The van der Waals surface area contributed by atoms with E-state index < -0.39 is 5.54 Å². The molecule has 0 radical (unpaired) electrons. The summed E-state index contributed by atoms with van der Waals surface area (Å²) in [4.78, 5) is 0. The summed E-state index contributed by atoms with van der Waals surface area (Å²) in [5, 5.41) is 0. The number of anilines is 4. The molecular formula is C15H18IN5. The lowest BCUT2D eigenvalue weighted by molar-refractivity contribution is 0.620. The van der Waals surface area contributed by atoms with Crippen LogP contribution in [0.25, 0.3) is 11.1 Å². The molecule has 1 unspecified atom stereocenters. The maximum Gasteiger partial charge on any atom is 0.0690 e. The van der Waals surface area contributed by atoms with E-state index in [1.165, 1.54) is 0 Å². The van der Waals surface area contributed by atoms with E-state index in [9.17, 15) is 0 Å². The van der Waals surface area contributed by atoms with Gasteiger partial charge in [0, 0.05) is 14.7 Å².